The number of thioether (sulfide) groups is 1. The van der Waals surface area contributed by atoms with E-state index < -0.39 is 18.3 Å². The SMILES string of the molecule is O=C(CSc1nccc(-c2ccc(OC(F)F)cc2)n1)Nc1ccc(Br)cc1F. The Morgan fingerprint density at radius 1 is 1.17 bits per heavy atom. The van der Waals surface area contributed by atoms with Crippen molar-refractivity contribution in [3.8, 4) is 17.0 Å². The minimum Gasteiger partial charge on any atom is -0.435 e. The molecule has 10 heteroatoms. The van der Waals surface area contributed by atoms with Crippen LogP contribution < -0.4 is 10.1 Å². The number of halogens is 4. The highest BCUT2D eigenvalue weighted by molar-refractivity contribution is 9.10. The van der Waals surface area contributed by atoms with Crippen LogP contribution in [0, 0.1) is 5.82 Å². The normalized spacial score (nSPS) is 10.8. The van der Waals surface area contributed by atoms with Gasteiger partial charge in [0.25, 0.3) is 0 Å². The molecule has 0 aliphatic rings. The van der Waals surface area contributed by atoms with E-state index in [9.17, 15) is 18.0 Å². The average molecular weight is 484 g/mol. The van der Waals surface area contributed by atoms with E-state index in [4.69, 9.17) is 0 Å². The first-order chi connectivity index (χ1) is 13.9. The molecule has 1 N–H and O–H groups in total. The van der Waals surface area contributed by atoms with E-state index in [1.807, 2.05) is 0 Å². The quantitative estimate of drug-likeness (QED) is 0.361. The molecule has 0 saturated heterocycles. The van der Waals surface area contributed by atoms with Gasteiger partial charge in [-0.1, -0.05) is 27.7 Å². The number of aromatic nitrogens is 2. The maximum absolute atomic E-state index is 13.8. The van der Waals surface area contributed by atoms with Crippen LogP contribution in [0.2, 0.25) is 0 Å². The number of alkyl halides is 2. The van der Waals surface area contributed by atoms with Crippen molar-refractivity contribution in [3.05, 3.63) is 65.0 Å². The Hall–Kier alpha value is -2.59. The maximum Gasteiger partial charge on any atom is 0.387 e. The Labute approximate surface area is 176 Å². The second kappa shape index (κ2) is 9.75. The molecule has 0 aliphatic carbocycles. The molecule has 5 nitrogen and oxygen atoms in total. The summed E-state index contributed by atoms with van der Waals surface area (Å²) in [6.07, 6.45) is 1.53. The summed E-state index contributed by atoms with van der Waals surface area (Å²) in [6, 6.07) is 12.0. The number of hydrogen-bond donors (Lipinski definition) is 1. The first-order valence-electron chi connectivity index (χ1n) is 8.17. The summed E-state index contributed by atoms with van der Waals surface area (Å²) in [4.78, 5) is 20.5. The van der Waals surface area contributed by atoms with Crippen LogP contribution in [0.15, 0.2) is 64.4 Å². The molecule has 0 unspecified atom stereocenters. The summed E-state index contributed by atoms with van der Waals surface area (Å²) in [5, 5.41) is 2.84. The molecule has 0 radical (unpaired) electrons. The van der Waals surface area contributed by atoms with Gasteiger partial charge in [-0.25, -0.2) is 14.4 Å². The van der Waals surface area contributed by atoms with Gasteiger partial charge in [0.2, 0.25) is 5.91 Å². The minimum atomic E-state index is -2.89. The maximum atomic E-state index is 13.8. The number of rotatable bonds is 7. The highest BCUT2D eigenvalue weighted by Gasteiger charge is 2.10. The van der Waals surface area contributed by atoms with E-state index in [1.54, 1.807) is 24.3 Å². The predicted octanol–water partition coefficient (Wildman–Crippen LogP) is 5.38. The fourth-order valence-electron chi connectivity index (χ4n) is 2.29. The number of amides is 1. The first-order valence-corrected chi connectivity index (χ1v) is 9.94. The summed E-state index contributed by atoms with van der Waals surface area (Å²) in [5.41, 5.74) is 1.32. The van der Waals surface area contributed by atoms with Crippen molar-refractivity contribution in [3.63, 3.8) is 0 Å². The van der Waals surface area contributed by atoms with E-state index in [0.717, 1.165) is 11.8 Å². The highest BCUT2D eigenvalue weighted by Crippen LogP contribution is 2.24. The fourth-order valence-corrected chi connectivity index (χ4v) is 3.25. The summed E-state index contributed by atoms with van der Waals surface area (Å²) < 4.78 is 43.1. The molecule has 1 heterocycles. The van der Waals surface area contributed by atoms with Gasteiger partial charge in [0.1, 0.15) is 11.6 Å². The van der Waals surface area contributed by atoms with Crippen LogP contribution in [-0.4, -0.2) is 28.2 Å². The molecule has 0 bridgehead atoms. The van der Waals surface area contributed by atoms with Gasteiger partial charge < -0.3 is 10.1 Å². The Balaban J connectivity index is 1.61. The molecule has 29 heavy (non-hydrogen) atoms. The smallest absolute Gasteiger partial charge is 0.387 e. The van der Waals surface area contributed by atoms with Gasteiger partial charge in [-0.05, 0) is 48.5 Å². The Morgan fingerprint density at radius 3 is 2.62 bits per heavy atom. The third-order valence-electron chi connectivity index (χ3n) is 3.55. The molecule has 1 aromatic heterocycles. The van der Waals surface area contributed by atoms with Crippen LogP contribution in [0.1, 0.15) is 0 Å². The number of nitrogens with zero attached hydrogens (tertiary/aromatic N) is 2. The summed E-state index contributed by atoms with van der Waals surface area (Å²) in [7, 11) is 0. The molecule has 0 fully saturated rings. The van der Waals surface area contributed by atoms with Crippen LogP contribution in [0.25, 0.3) is 11.3 Å². The zero-order valence-electron chi connectivity index (χ0n) is 14.6. The number of benzene rings is 2. The van der Waals surface area contributed by atoms with Gasteiger partial charge >= 0.3 is 6.61 Å². The lowest BCUT2D eigenvalue weighted by Crippen LogP contribution is -2.15. The van der Waals surface area contributed by atoms with Gasteiger partial charge in [-0.3, -0.25) is 4.79 Å². The van der Waals surface area contributed by atoms with Crippen molar-refractivity contribution in [1.82, 2.24) is 9.97 Å². The fraction of sp³-hybridized carbons (Fsp3) is 0.105. The summed E-state index contributed by atoms with van der Waals surface area (Å²) >= 11 is 4.24. The monoisotopic (exact) mass is 483 g/mol. The van der Waals surface area contributed by atoms with Crippen LogP contribution in [0.4, 0.5) is 18.9 Å². The number of hydrogen-bond acceptors (Lipinski definition) is 5. The van der Waals surface area contributed by atoms with Gasteiger partial charge in [0.05, 0.1) is 17.1 Å². The van der Waals surface area contributed by atoms with E-state index in [1.165, 1.54) is 30.5 Å². The summed E-state index contributed by atoms with van der Waals surface area (Å²) in [5.74, 6) is -0.918. The third kappa shape index (κ3) is 6.20. The second-order valence-electron chi connectivity index (χ2n) is 5.59. The van der Waals surface area contributed by atoms with Crippen LogP contribution in [0.3, 0.4) is 0 Å². The molecule has 150 valence electrons. The van der Waals surface area contributed by atoms with E-state index >= 15 is 0 Å². The van der Waals surface area contributed by atoms with E-state index in [-0.39, 0.29) is 17.2 Å². The van der Waals surface area contributed by atoms with Crippen molar-refractivity contribution in [2.45, 2.75) is 11.8 Å². The molecular weight excluding hydrogens is 471 g/mol. The van der Waals surface area contributed by atoms with Crippen LogP contribution in [0.5, 0.6) is 5.75 Å². The Kier molecular flexibility index (Phi) is 7.10. The number of anilines is 1. The van der Waals surface area contributed by atoms with Crippen LogP contribution in [-0.2, 0) is 4.79 Å². The van der Waals surface area contributed by atoms with Crippen molar-refractivity contribution in [2.24, 2.45) is 0 Å². The lowest BCUT2D eigenvalue weighted by molar-refractivity contribution is -0.113. The average Bonchev–Trinajstić information content (AvgIpc) is 2.69. The number of nitrogens with one attached hydrogen (secondary N) is 1. The van der Waals surface area contributed by atoms with E-state index in [0.29, 0.717) is 20.9 Å². The van der Waals surface area contributed by atoms with Crippen molar-refractivity contribution >= 4 is 39.3 Å². The van der Waals surface area contributed by atoms with Gasteiger partial charge in [-0.2, -0.15) is 8.78 Å². The van der Waals surface area contributed by atoms with Crippen LogP contribution >= 0.6 is 27.7 Å². The molecule has 0 spiro atoms. The molecule has 0 atom stereocenters. The topological polar surface area (TPSA) is 64.1 Å². The van der Waals surface area contributed by atoms with E-state index in [2.05, 4.69) is 36.0 Å². The highest BCUT2D eigenvalue weighted by atomic mass is 79.9. The molecular formula is C19H13BrF3N3O2S. The molecule has 0 saturated carbocycles. The van der Waals surface area contributed by atoms with Gasteiger partial charge in [-0.15, -0.1) is 0 Å². The second-order valence-corrected chi connectivity index (χ2v) is 7.45. The summed E-state index contributed by atoms with van der Waals surface area (Å²) in [6.45, 7) is -2.89. The van der Waals surface area contributed by atoms with Gasteiger partial charge in [0.15, 0.2) is 5.16 Å². The first kappa shape index (κ1) is 21.1. The molecule has 3 rings (SSSR count). The van der Waals surface area contributed by atoms with Crippen molar-refractivity contribution in [1.29, 1.82) is 0 Å². The Morgan fingerprint density at radius 2 is 1.93 bits per heavy atom. The number of ether oxygens (including phenoxy) is 1. The molecule has 0 aliphatic heterocycles. The number of carbonyl (C=O) groups excluding carboxylic acids is 1. The zero-order chi connectivity index (χ0) is 20.8. The molecule has 2 aromatic carbocycles. The van der Waals surface area contributed by atoms with Crippen molar-refractivity contribution in [2.75, 3.05) is 11.1 Å². The Bertz CT molecular complexity index is 1010. The van der Waals surface area contributed by atoms with Crippen molar-refractivity contribution < 1.29 is 22.7 Å². The third-order valence-corrected chi connectivity index (χ3v) is 4.90. The van der Waals surface area contributed by atoms with Gasteiger partial charge in [0, 0.05) is 16.2 Å². The zero-order valence-corrected chi connectivity index (χ0v) is 17.0. The predicted molar refractivity (Wildman–Crippen MR) is 108 cm³/mol. The molecule has 1 amide bonds. The largest absolute Gasteiger partial charge is 0.435 e. The number of carbonyl (C=O) groups is 1. The lowest BCUT2D eigenvalue weighted by atomic mass is 10.1. The minimum absolute atomic E-state index is 0.0138. The lowest BCUT2D eigenvalue weighted by Gasteiger charge is -2.07. The molecule has 3 aromatic rings. The standard InChI is InChI=1S/C19H13BrF3N3O2S/c20-12-3-6-16(14(21)9-12)25-17(27)10-29-19-24-8-7-15(26-19)11-1-4-13(5-2-11)28-18(22)23/h1-9,18H,10H2,(H,25,27).